The Hall–Kier alpha value is -4.40. The summed E-state index contributed by atoms with van der Waals surface area (Å²) in [6, 6.07) is 11.8. The maximum Gasteiger partial charge on any atom is 0.269 e. The number of carbonyl (C=O) groups is 2. The van der Waals surface area contributed by atoms with Crippen molar-refractivity contribution in [3.05, 3.63) is 76.8 Å². The molecule has 2 aromatic heterocycles. The van der Waals surface area contributed by atoms with E-state index in [1.165, 1.54) is 18.0 Å². The first kappa shape index (κ1) is 31.6. The Bertz CT molecular complexity index is 1970. The van der Waals surface area contributed by atoms with Gasteiger partial charge in [0.15, 0.2) is 5.65 Å². The predicted octanol–water partition coefficient (Wildman–Crippen LogP) is 3.76. The van der Waals surface area contributed by atoms with Gasteiger partial charge in [0, 0.05) is 24.1 Å². The van der Waals surface area contributed by atoms with Crippen LogP contribution in [0.2, 0.25) is 0 Å². The summed E-state index contributed by atoms with van der Waals surface area (Å²) in [7, 11) is -0.282. The number of amides is 2. The molecule has 0 fully saturated rings. The van der Waals surface area contributed by atoms with E-state index in [0.717, 1.165) is 39.2 Å². The average Bonchev–Trinajstić information content (AvgIpc) is 3.65. The van der Waals surface area contributed by atoms with Crippen molar-refractivity contribution in [2.75, 3.05) is 42.7 Å². The normalized spacial score (nSPS) is 17.8. The van der Waals surface area contributed by atoms with E-state index in [0.29, 0.717) is 23.4 Å². The Kier molecular flexibility index (Phi) is 8.53. The number of thioether (sulfide) groups is 1. The molecule has 4 heterocycles. The summed E-state index contributed by atoms with van der Waals surface area (Å²) in [6.45, 7) is 4.76. The number of nitrogens with two attached hydrogens (primary N) is 1. The van der Waals surface area contributed by atoms with Crippen LogP contribution in [0.5, 0.6) is 0 Å². The lowest BCUT2D eigenvalue weighted by Gasteiger charge is -2.31. The Balaban J connectivity index is 1.45. The van der Waals surface area contributed by atoms with E-state index in [-0.39, 0.29) is 28.9 Å². The minimum atomic E-state index is -4.01. The fourth-order valence-corrected chi connectivity index (χ4v) is 7.91. The molecule has 6 rings (SSSR count). The SMILES string of the molecule is Cc1ccc(S(=O)(=O)n2ccc3c(NC4C=CSC4C(N)=O)nc(Nc4cc5c(cc4C)CCCN5C(=O)CN(C)C)nc32)cc1. The molecular weight excluding hydrogens is 625 g/mol. The molecular formula is C32H36N8O4S2. The number of rotatable bonds is 9. The maximum atomic E-state index is 13.8. The van der Waals surface area contributed by atoms with Crippen LogP contribution in [-0.4, -0.2) is 77.5 Å². The summed E-state index contributed by atoms with van der Waals surface area (Å²) in [5.74, 6) is 0.0146. The van der Waals surface area contributed by atoms with Crippen molar-refractivity contribution < 1.29 is 18.0 Å². The highest BCUT2D eigenvalue weighted by molar-refractivity contribution is 8.03. The van der Waals surface area contributed by atoms with E-state index in [1.54, 1.807) is 35.7 Å². The quantitative estimate of drug-likeness (QED) is 0.242. The first-order chi connectivity index (χ1) is 21.9. The van der Waals surface area contributed by atoms with Crippen molar-refractivity contribution >= 4 is 67.8 Å². The molecule has 0 saturated carbocycles. The van der Waals surface area contributed by atoms with Crippen LogP contribution in [0.15, 0.2) is 65.0 Å². The van der Waals surface area contributed by atoms with Gasteiger partial charge in [-0.2, -0.15) is 9.97 Å². The van der Waals surface area contributed by atoms with E-state index in [9.17, 15) is 18.0 Å². The number of primary amides is 1. The summed E-state index contributed by atoms with van der Waals surface area (Å²) in [5, 5.41) is 8.29. The first-order valence-corrected chi connectivity index (χ1v) is 17.3. The zero-order valence-corrected chi connectivity index (χ0v) is 27.7. The first-order valence-electron chi connectivity index (χ1n) is 14.9. The Morgan fingerprint density at radius 2 is 1.87 bits per heavy atom. The number of hydrogen-bond acceptors (Lipinski definition) is 10. The van der Waals surface area contributed by atoms with Gasteiger partial charge in [-0.25, -0.2) is 12.4 Å². The van der Waals surface area contributed by atoms with Crippen LogP contribution in [-0.2, 0) is 26.0 Å². The van der Waals surface area contributed by atoms with Gasteiger partial charge < -0.3 is 26.2 Å². The largest absolute Gasteiger partial charge is 0.369 e. The van der Waals surface area contributed by atoms with Gasteiger partial charge in [0.25, 0.3) is 10.0 Å². The zero-order chi connectivity index (χ0) is 32.7. The fourth-order valence-electron chi connectivity index (χ4n) is 5.73. The molecule has 0 spiro atoms. The fraction of sp³-hybridized carbons (Fsp3) is 0.312. The van der Waals surface area contributed by atoms with Crippen LogP contribution >= 0.6 is 11.8 Å². The number of aryl methyl sites for hydroxylation is 3. The lowest BCUT2D eigenvalue weighted by atomic mass is 9.98. The van der Waals surface area contributed by atoms with Crippen LogP contribution < -0.4 is 21.3 Å². The summed E-state index contributed by atoms with van der Waals surface area (Å²) in [4.78, 5) is 38.5. The maximum absolute atomic E-state index is 13.8. The molecule has 240 valence electrons. The third-order valence-corrected chi connectivity index (χ3v) is 10.9. The van der Waals surface area contributed by atoms with Crippen molar-refractivity contribution in [3.63, 3.8) is 0 Å². The molecule has 0 radical (unpaired) electrons. The standard InChI is InChI=1S/C32H36N8O4S2/c1-19-7-9-22(10-8-19)46(43,44)40-14-11-23-30(34-24-12-15-45-28(24)29(33)42)36-32(37-31(23)40)35-25-17-26-21(16-20(25)2)6-5-13-39(26)27(41)18-38(3)4/h7-12,14-17,24,28H,5-6,13,18H2,1-4H3,(H2,33,42)(H2,34,35,36,37). The van der Waals surface area contributed by atoms with E-state index in [4.69, 9.17) is 15.7 Å². The summed E-state index contributed by atoms with van der Waals surface area (Å²) in [6.07, 6.45) is 5.01. The minimum absolute atomic E-state index is 0.00976. The lowest BCUT2D eigenvalue weighted by molar-refractivity contribution is -0.119. The van der Waals surface area contributed by atoms with Crippen LogP contribution in [0.1, 0.15) is 23.1 Å². The number of carbonyl (C=O) groups excluding carboxylic acids is 2. The number of aromatic nitrogens is 3. The molecule has 2 amide bonds. The van der Waals surface area contributed by atoms with Crippen LogP contribution in [0.25, 0.3) is 11.0 Å². The Labute approximate surface area is 272 Å². The second kappa shape index (κ2) is 12.4. The predicted molar refractivity (Wildman–Crippen MR) is 182 cm³/mol. The van der Waals surface area contributed by atoms with Gasteiger partial charge in [0.1, 0.15) is 11.1 Å². The molecule has 46 heavy (non-hydrogen) atoms. The molecule has 2 atom stereocenters. The smallest absolute Gasteiger partial charge is 0.269 e. The van der Waals surface area contributed by atoms with Gasteiger partial charge in [0.2, 0.25) is 17.8 Å². The third-order valence-electron chi connectivity index (χ3n) is 8.05. The highest BCUT2D eigenvalue weighted by Crippen LogP contribution is 2.35. The van der Waals surface area contributed by atoms with Crippen LogP contribution in [0.3, 0.4) is 0 Å². The molecule has 12 nitrogen and oxygen atoms in total. The number of benzene rings is 2. The van der Waals surface area contributed by atoms with Crippen molar-refractivity contribution in [1.29, 1.82) is 0 Å². The Morgan fingerprint density at radius 3 is 2.59 bits per heavy atom. The van der Waals surface area contributed by atoms with Crippen LogP contribution in [0, 0.1) is 13.8 Å². The number of nitrogens with zero attached hydrogens (tertiary/aromatic N) is 5. The Morgan fingerprint density at radius 1 is 1.11 bits per heavy atom. The molecule has 0 saturated heterocycles. The number of nitrogens with one attached hydrogen (secondary N) is 2. The second-order valence-corrected chi connectivity index (χ2v) is 14.7. The average molecular weight is 661 g/mol. The van der Waals surface area contributed by atoms with Crippen molar-refractivity contribution in [3.8, 4) is 0 Å². The van der Waals surface area contributed by atoms with Crippen molar-refractivity contribution in [2.45, 2.75) is 42.9 Å². The summed E-state index contributed by atoms with van der Waals surface area (Å²) >= 11 is 1.31. The van der Waals surface area contributed by atoms with Gasteiger partial charge >= 0.3 is 0 Å². The number of hydrogen-bond donors (Lipinski definition) is 3. The molecule has 2 aliphatic heterocycles. The van der Waals surface area contributed by atoms with Gasteiger partial charge in [-0.3, -0.25) is 9.59 Å². The van der Waals surface area contributed by atoms with Crippen LogP contribution in [0.4, 0.5) is 23.1 Å². The van der Waals surface area contributed by atoms with Gasteiger partial charge in [-0.1, -0.05) is 29.8 Å². The molecule has 2 aliphatic rings. The topological polar surface area (TPSA) is 156 Å². The third kappa shape index (κ3) is 6.07. The second-order valence-electron chi connectivity index (χ2n) is 11.8. The monoisotopic (exact) mass is 660 g/mol. The van der Waals surface area contributed by atoms with E-state index in [2.05, 4.69) is 16.7 Å². The van der Waals surface area contributed by atoms with Gasteiger partial charge in [0.05, 0.1) is 22.9 Å². The number of fused-ring (bicyclic) bond motifs is 2. The summed E-state index contributed by atoms with van der Waals surface area (Å²) < 4.78 is 28.8. The molecule has 2 unspecified atom stereocenters. The molecule has 0 bridgehead atoms. The van der Waals surface area contributed by atoms with E-state index in [1.807, 2.05) is 49.9 Å². The zero-order valence-electron chi connectivity index (χ0n) is 26.0. The van der Waals surface area contributed by atoms with Crippen molar-refractivity contribution in [1.82, 2.24) is 18.8 Å². The number of likely N-dealkylation sites (N-methyl/N-ethyl adjacent to an activating group) is 1. The molecule has 2 aromatic carbocycles. The van der Waals surface area contributed by atoms with E-state index >= 15 is 0 Å². The lowest BCUT2D eigenvalue weighted by Crippen LogP contribution is -2.40. The van der Waals surface area contributed by atoms with E-state index < -0.39 is 27.2 Å². The highest BCUT2D eigenvalue weighted by Gasteiger charge is 2.31. The van der Waals surface area contributed by atoms with Gasteiger partial charge in [-0.05, 0) is 81.6 Å². The number of anilines is 4. The summed E-state index contributed by atoms with van der Waals surface area (Å²) in [5.41, 5.74) is 10.3. The minimum Gasteiger partial charge on any atom is -0.369 e. The highest BCUT2D eigenvalue weighted by atomic mass is 32.2. The molecule has 4 N–H and O–H groups in total. The molecule has 14 heteroatoms. The molecule has 0 aliphatic carbocycles. The molecule has 4 aromatic rings. The van der Waals surface area contributed by atoms with Crippen molar-refractivity contribution in [2.24, 2.45) is 5.73 Å². The van der Waals surface area contributed by atoms with Gasteiger partial charge in [-0.15, -0.1) is 11.8 Å².